The van der Waals surface area contributed by atoms with Gasteiger partial charge in [0.05, 0.1) is 6.54 Å². The number of aromatic nitrogens is 3. The lowest BCUT2D eigenvalue weighted by molar-refractivity contribution is -0.120. The molecule has 1 aromatic rings. The van der Waals surface area contributed by atoms with E-state index in [2.05, 4.69) is 27.6 Å². The fraction of sp³-hybridized carbons (Fsp3) is 0.727. The molecule has 96 valence electrons. The molecule has 17 heavy (non-hydrogen) atoms. The van der Waals surface area contributed by atoms with Gasteiger partial charge in [0.1, 0.15) is 6.33 Å². The average molecular weight is 239 g/mol. The van der Waals surface area contributed by atoms with Crippen molar-refractivity contribution in [3.05, 3.63) is 12.2 Å². The fourth-order valence-corrected chi connectivity index (χ4v) is 1.37. The van der Waals surface area contributed by atoms with Gasteiger partial charge in [0, 0.05) is 26.6 Å². The van der Waals surface area contributed by atoms with Crippen LogP contribution in [0, 0.1) is 0 Å². The van der Waals surface area contributed by atoms with Crippen LogP contribution in [0.5, 0.6) is 0 Å². The first-order valence-corrected chi connectivity index (χ1v) is 6.04. The Labute approximate surface area is 102 Å². The Hall–Kier alpha value is -1.43. The summed E-state index contributed by atoms with van der Waals surface area (Å²) in [6.07, 6.45) is 4.54. The Morgan fingerprint density at radius 2 is 2.29 bits per heavy atom. The van der Waals surface area contributed by atoms with Crippen molar-refractivity contribution in [2.75, 3.05) is 19.6 Å². The maximum Gasteiger partial charge on any atom is 0.233 e. The van der Waals surface area contributed by atoms with E-state index in [0.717, 1.165) is 31.6 Å². The molecule has 6 nitrogen and oxygen atoms in total. The lowest BCUT2D eigenvalue weighted by Crippen LogP contribution is -2.35. The molecule has 0 fully saturated rings. The molecule has 0 saturated carbocycles. The predicted octanol–water partition coefficient (Wildman–Crippen LogP) is -0.136. The number of hydrogen-bond acceptors (Lipinski definition) is 4. The van der Waals surface area contributed by atoms with Crippen molar-refractivity contribution in [2.24, 2.45) is 7.05 Å². The van der Waals surface area contributed by atoms with Crippen molar-refractivity contribution in [1.29, 1.82) is 0 Å². The lowest BCUT2D eigenvalue weighted by atomic mass is 10.3. The molecule has 0 bridgehead atoms. The van der Waals surface area contributed by atoms with Crippen molar-refractivity contribution in [1.82, 2.24) is 25.4 Å². The van der Waals surface area contributed by atoms with Crippen LogP contribution >= 0.6 is 0 Å². The Bertz CT molecular complexity index is 336. The van der Waals surface area contributed by atoms with E-state index in [1.54, 1.807) is 11.0 Å². The number of rotatable bonds is 8. The van der Waals surface area contributed by atoms with Crippen LogP contribution in [-0.4, -0.2) is 40.3 Å². The maximum atomic E-state index is 11.3. The van der Waals surface area contributed by atoms with Crippen molar-refractivity contribution in [3.8, 4) is 0 Å². The summed E-state index contributed by atoms with van der Waals surface area (Å²) < 4.78 is 1.67. The van der Waals surface area contributed by atoms with Gasteiger partial charge in [-0.3, -0.25) is 9.48 Å². The molecule has 0 atom stereocenters. The second-order valence-electron chi connectivity index (χ2n) is 3.96. The Morgan fingerprint density at radius 1 is 1.47 bits per heavy atom. The van der Waals surface area contributed by atoms with Crippen LogP contribution in [0.3, 0.4) is 0 Å². The number of amides is 1. The third-order valence-electron chi connectivity index (χ3n) is 2.31. The molecule has 1 amide bonds. The Balaban J connectivity index is 2.02. The van der Waals surface area contributed by atoms with E-state index in [0.29, 0.717) is 13.1 Å². The fourth-order valence-electron chi connectivity index (χ4n) is 1.37. The van der Waals surface area contributed by atoms with Crippen molar-refractivity contribution in [2.45, 2.75) is 26.2 Å². The second kappa shape index (κ2) is 7.78. The van der Waals surface area contributed by atoms with Gasteiger partial charge < -0.3 is 10.6 Å². The normalized spacial score (nSPS) is 10.5. The highest BCUT2D eigenvalue weighted by Gasteiger charge is 2.01. The molecule has 1 aromatic heterocycles. The highest BCUT2D eigenvalue weighted by atomic mass is 16.1. The largest absolute Gasteiger partial charge is 0.355 e. The topological polar surface area (TPSA) is 71.8 Å². The number of hydrogen-bond donors (Lipinski definition) is 2. The Morgan fingerprint density at radius 3 is 2.94 bits per heavy atom. The van der Waals surface area contributed by atoms with Gasteiger partial charge in [-0.1, -0.05) is 13.3 Å². The summed E-state index contributed by atoms with van der Waals surface area (Å²) >= 11 is 0. The van der Waals surface area contributed by atoms with Crippen molar-refractivity contribution < 1.29 is 4.79 Å². The highest BCUT2D eigenvalue weighted by Crippen LogP contribution is 1.87. The maximum absolute atomic E-state index is 11.3. The third kappa shape index (κ3) is 6.01. The minimum absolute atomic E-state index is 0.0485. The molecule has 0 aliphatic heterocycles. The summed E-state index contributed by atoms with van der Waals surface area (Å²) in [6, 6.07) is 0. The Kier molecular flexibility index (Phi) is 6.24. The molecule has 2 N–H and O–H groups in total. The van der Waals surface area contributed by atoms with Crippen molar-refractivity contribution >= 4 is 5.91 Å². The molecule has 1 rings (SSSR count). The lowest BCUT2D eigenvalue weighted by Gasteiger charge is -2.04. The van der Waals surface area contributed by atoms with E-state index >= 15 is 0 Å². The zero-order valence-corrected chi connectivity index (χ0v) is 10.6. The van der Waals surface area contributed by atoms with Gasteiger partial charge in [0.2, 0.25) is 5.91 Å². The molecule has 0 unspecified atom stereocenters. The van der Waals surface area contributed by atoms with Crippen LogP contribution in [0.25, 0.3) is 0 Å². The van der Waals surface area contributed by atoms with Gasteiger partial charge >= 0.3 is 0 Å². The minimum atomic E-state index is 0.0485. The summed E-state index contributed by atoms with van der Waals surface area (Å²) in [6.45, 7) is 3.94. The summed E-state index contributed by atoms with van der Waals surface area (Å²) in [4.78, 5) is 15.4. The quantitative estimate of drug-likeness (QED) is 0.620. The number of unbranched alkanes of at least 4 members (excludes halogenated alkanes) is 1. The second-order valence-corrected chi connectivity index (χ2v) is 3.96. The van der Waals surface area contributed by atoms with Gasteiger partial charge in [-0.2, -0.15) is 5.10 Å². The molecule has 0 aromatic carbocycles. The molecule has 0 radical (unpaired) electrons. The third-order valence-corrected chi connectivity index (χ3v) is 2.31. The summed E-state index contributed by atoms with van der Waals surface area (Å²) in [7, 11) is 1.84. The van der Waals surface area contributed by atoms with Gasteiger partial charge in [0.25, 0.3) is 0 Å². The number of carbonyl (C=O) groups excluding carboxylic acids is 1. The molecular weight excluding hydrogens is 218 g/mol. The number of nitrogens with one attached hydrogen (secondary N) is 2. The first kappa shape index (κ1) is 13.6. The minimum Gasteiger partial charge on any atom is -0.355 e. The van der Waals surface area contributed by atoms with E-state index in [1.165, 1.54) is 0 Å². The highest BCUT2D eigenvalue weighted by molar-refractivity contribution is 5.77. The number of aryl methyl sites for hydroxylation is 1. The van der Waals surface area contributed by atoms with Gasteiger partial charge in [-0.05, 0) is 6.42 Å². The van der Waals surface area contributed by atoms with Crippen LogP contribution in [0.15, 0.2) is 6.33 Å². The van der Waals surface area contributed by atoms with Gasteiger partial charge in [-0.15, -0.1) is 0 Å². The van der Waals surface area contributed by atoms with Crippen LogP contribution in [0.4, 0.5) is 0 Å². The molecule has 0 spiro atoms. The van der Waals surface area contributed by atoms with Crippen LogP contribution < -0.4 is 10.6 Å². The molecule has 0 aliphatic carbocycles. The van der Waals surface area contributed by atoms with Gasteiger partial charge in [0.15, 0.2) is 5.82 Å². The zero-order valence-electron chi connectivity index (χ0n) is 10.6. The van der Waals surface area contributed by atoms with Gasteiger partial charge in [-0.25, -0.2) is 4.98 Å². The summed E-state index contributed by atoms with van der Waals surface area (Å²) in [5.74, 6) is 0.846. The van der Waals surface area contributed by atoms with Crippen LogP contribution in [0.1, 0.15) is 25.6 Å². The standard InChI is InChI=1S/C11H21N5O/c1-3-4-6-13-11(17)8-12-7-5-10-14-9-16(2)15-10/h9,12H,3-8H2,1-2H3,(H,13,17). The molecular formula is C11H21N5O. The monoisotopic (exact) mass is 239 g/mol. The van der Waals surface area contributed by atoms with E-state index < -0.39 is 0 Å². The average Bonchev–Trinajstić information content (AvgIpc) is 2.71. The first-order chi connectivity index (χ1) is 8.22. The summed E-state index contributed by atoms with van der Waals surface area (Å²) in [5.41, 5.74) is 0. The van der Waals surface area contributed by atoms with Crippen molar-refractivity contribution in [3.63, 3.8) is 0 Å². The predicted molar refractivity (Wildman–Crippen MR) is 65.5 cm³/mol. The summed E-state index contributed by atoms with van der Waals surface area (Å²) in [5, 5.41) is 10.1. The zero-order chi connectivity index (χ0) is 12.5. The van der Waals surface area contributed by atoms with E-state index in [1.807, 2.05) is 7.05 Å². The van der Waals surface area contributed by atoms with Crippen LogP contribution in [-0.2, 0) is 18.3 Å². The smallest absolute Gasteiger partial charge is 0.233 e. The first-order valence-electron chi connectivity index (χ1n) is 6.04. The molecule has 6 heteroatoms. The molecule has 0 aliphatic rings. The molecule has 1 heterocycles. The molecule has 0 saturated heterocycles. The van der Waals surface area contributed by atoms with E-state index in [4.69, 9.17) is 0 Å². The van der Waals surface area contributed by atoms with E-state index in [9.17, 15) is 4.79 Å². The van der Waals surface area contributed by atoms with E-state index in [-0.39, 0.29) is 5.91 Å². The SMILES string of the molecule is CCCCNC(=O)CNCCc1ncn(C)n1. The number of carbonyl (C=O) groups is 1. The van der Waals surface area contributed by atoms with Crippen LogP contribution in [0.2, 0.25) is 0 Å². The number of nitrogens with zero attached hydrogens (tertiary/aromatic N) is 3.